The number of aryl methyl sites for hydroxylation is 1. The molecule has 0 heterocycles. The second-order valence-electron chi connectivity index (χ2n) is 10.4. The number of hydrogen-bond donors (Lipinski definition) is 5. The molecule has 3 aliphatic rings. The maximum absolute atomic E-state index is 13.9. The molecule has 0 bridgehead atoms. The van der Waals surface area contributed by atoms with E-state index in [4.69, 9.17) is 10.5 Å². The van der Waals surface area contributed by atoms with Gasteiger partial charge in [0.25, 0.3) is 5.91 Å². The molecule has 202 valence electrons. The number of rotatable bonds is 4. The van der Waals surface area contributed by atoms with Gasteiger partial charge in [0.1, 0.15) is 28.9 Å². The van der Waals surface area contributed by atoms with Crippen molar-refractivity contribution in [1.29, 1.82) is 0 Å². The smallest absolute Gasteiger partial charge is 0.310 e. The zero-order valence-corrected chi connectivity index (χ0v) is 21.2. The van der Waals surface area contributed by atoms with E-state index in [2.05, 4.69) is 0 Å². The van der Waals surface area contributed by atoms with Crippen molar-refractivity contribution < 1.29 is 44.3 Å². The van der Waals surface area contributed by atoms with Crippen LogP contribution in [0.3, 0.4) is 0 Å². The summed E-state index contributed by atoms with van der Waals surface area (Å²) in [6.07, 6.45) is -2.17. The van der Waals surface area contributed by atoms with Crippen molar-refractivity contribution >= 4 is 29.2 Å². The highest BCUT2D eigenvalue weighted by molar-refractivity contribution is 6.23. The monoisotopic (exact) mass is 533 g/mol. The third-order valence-electron chi connectivity index (χ3n) is 8.07. The van der Waals surface area contributed by atoms with Gasteiger partial charge < -0.3 is 30.9 Å². The second kappa shape index (κ2) is 9.09. The average Bonchev–Trinajstić information content (AvgIpc) is 2.87. The number of carbonyl (C=O) groups excluding carboxylic acids is 4. The number of hydrogen-bond acceptors (Lipinski definition) is 9. The Morgan fingerprint density at radius 1 is 1.08 bits per heavy atom. The number of ether oxygens (including phenoxy) is 1. The second-order valence-corrected chi connectivity index (χ2v) is 10.4. The van der Waals surface area contributed by atoms with Gasteiger partial charge in [0.05, 0.1) is 12.0 Å². The van der Waals surface area contributed by atoms with E-state index in [-0.39, 0.29) is 17.7 Å². The number of phenolic OH excluding ortho intramolecular Hbond substituents is 1. The summed E-state index contributed by atoms with van der Waals surface area (Å²) in [6, 6.07) is 11.6. The molecule has 1 amide bonds. The van der Waals surface area contributed by atoms with E-state index in [1.165, 1.54) is 6.07 Å². The third kappa shape index (κ3) is 3.82. The lowest BCUT2D eigenvalue weighted by Gasteiger charge is -2.51. The molecule has 1 saturated carbocycles. The summed E-state index contributed by atoms with van der Waals surface area (Å²) in [6.45, 7) is 3.59. The Morgan fingerprint density at radius 3 is 2.38 bits per heavy atom. The highest BCUT2D eigenvalue weighted by atomic mass is 16.5. The Kier molecular flexibility index (Phi) is 6.10. The maximum Gasteiger partial charge on any atom is 0.310 e. The lowest BCUT2D eigenvalue weighted by atomic mass is 9.55. The summed E-state index contributed by atoms with van der Waals surface area (Å²) in [7, 11) is 0. The minimum atomic E-state index is -2.89. The minimum absolute atomic E-state index is 0.0399. The van der Waals surface area contributed by atoms with Crippen molar-refractivity contribution in [2.45, 2.75) is 44.3 Å². The van der Waals surface area contributed by atoms with Gasteiger partial charge >= 0.3 is 5.97 Å². The van der Waals surface area contributed by atoms with Crippen LogP contribution < -0.4 is 5.73 Å². The van der Waals surface area contributed by atoms with Gasteiger partial charge in [-0.2, -0.15) is 0 Å². The van der Waals surface area contributed by atoms with Crippen LogP contribution in [0.5, 0.6) is 5.75 Å². The van der Waals surface area contributed by atoms with E-state index in [0.29, 0.717) is 11.1 Å². The van der Waals surface area contributed by atoms with Crippen LogP contribution in [0, 0.1) is 18.8 Å². The van der Waals surface area contributed by atoms with Crippen molar-refractivity contribution in [3.05, 3.63) is 81.6 Å². The molecule has 0 unspecified atom stereocenters. The molecule has 5 atom stereocenters. The van der Waals surface area contributed by atoms with Gasteiger partial charge in [-0.1, -0.05) is 48.9 Å². The van der Waals surface area contributed by atoms with Crippen LogP contribution in [-0.2, 0) is 30.3 Å². The minimum Gasteiger partial charge on any atom is -0.508 e. The molecule has 0 aliphatic heterocycles. The summed E-state index contributed by atoms with van der Waals surface area (Å²) in [5.74, 6) is -9.57. The number of benzene rings is 2. The number of aliphatic hydroxyl groups is 3. The van der Waals surface area contributed by atoms with Crippen LogP contribution in [0.1, 0.15) is 41.5 Å². The molecule has 0 saturated heterocycles. The average molecular weight is 534 g/mol. The topological polar surface area (TPSA) is 184 Å². The first kappa shape index (κ1) is 26.2. The van der Waals surface area contributed by atoms with Gasteiger partial charge in [-0.05, 0) is 30.0 Å². The van der Waals surface area contributed by atoms with Crippen LogP contribution in [0.4, 0.5) is 0 Å². The Labute approximate surface area is 223 Å². The first-order valence-corrected chi connectivity index (χ1v) is 12.4. The maximum atomic E-state index is 13.9. The molecular formula is C29H27NO9. The van der Waals surface area contributed by atoms with Crippen molar-refractivity contribution in [3.8, 4) is 5.75 Å². The predicted octanol–water partition coefficient (Wildman–Crippen LogP) is 2.06. The molecule has 2 aromatic carbocycles. The Bertz CT molecular complexity index is 1500. The number of primary amides is 1. The number of phenols is 1. The third-order valence-corrected chi connectivity index (χ3v) is 8.07. The number of aliphatic hydroxyl groups excluding tert-OH is 2. The molecule has 1 fully saturated rings. The molecule has 0 aromatic heterocycles. The normalized spacial score (nSPS) is 28.0. The van der Waals surface area contributed by atoms with Crippen LogP contribution in [-0.4, -0.2) is 55.6 Å². The number of fused-ring (bicyclic) bond motifs is 3. The predicted molar refractivity (Wildman–Crippen MR) is 136 cm³/mol. The molecule has 3 aliphatic carbocycles. The van der Waals surface area contributed by atoms with E-state index >= 15 is 0 Å². The van der Waals surface area contributed by atoms with Gasteiger partial charge in [0.15, 0.2) is 11.4 Å². The molecule has 10 nitrogen and oxygen atoms in total. The van der Waals surface area contributed by atoms with E-state index < -0.39 is 82.0 Å². The molecule has 0 spiro atoms. The zero-order valence-electron chi connectivity index (χ0n) is 21.2. The lowest BCUT2D eigenvalue weighted by molar-refractivity contribution is -0.178. The van der Waals surface area contributed by atoms with E-state index in [0.717, 1.165) is 5.56 Å². The van der Waals surface area contributed by atoms with E-state index in [1.807, 2.05) is 19.1 Å². The van der Waals surface area contributed by atoms with Gasteiger partial charge in [-0.3, -0.25) is 19.2 Å². The van der Waals surface area contributed by atoms with Crippen LogP contribution in [0.2, 0.25) is 0 Å². The number of aromatic hydroxyl groups is 1. The number of esters is 1. The fourth-order valence-corrected chi connectivity index (χ4v) is 6.15. The quantitative estimate of drug-likeness (QED) is 0.290. The summed E-state index contributed by atoms with van der Waals surface area (Å²) >= 11 is 0. The SMILES string of the molecule is Cc1ccc(CC(=O)O[C@H]2[C@H]3C(=C(O)c4c(O)cccc4[C@@H]3C)C(=O)[C@]3(O)C(O)=C(C(N)=O)C(=O)C[C@H]23)cc1. The standard InChI is InChI=1S/C29H27NO9/c1-12-6-8-14(9-7-12)10-19(33)39-25-16-11-18(32)22(28(30)37)26(35)29(16,38)27(36)23-20(25)13(2)15-4-3-5-17(31)21(15)24(23)34/h3-9,13,16,20,25,31,34-35,38H,10-11H2,1-2H3,(H2,30,37)/t13-,16+,20+,25+,29+/m0/s1. The summed E-state index contributed by atoms with van der Waals surface area (Å²) < 4.78 is 5.87. The highest BCUT2D eigenvalue weighted by Crippen LogP contribution is 2.56. The molecular weight excluding hydrogens is 506 g/mol. The van der Waals surface area contributed by atoms with Crippen LogP contribution in [0.25, 0.3) is 5.76 Å². The Morgan fingerprint density at radius 2 is 1.74 bits per heavy atom. The lowest BCUT2D eigenvalue weighted by Crippen LogP contribution is -2.64. The first-order chi connectivity index (χ1) is 18.4. The Balaban J connectivity index is 1.68. The van der Waals surface area contributed by atoms with E-state index in [1.54, 1.807) is 31.2 Å². The molecule has 5 rings (SSSR count). The fourth-order valence-electron chi connectivity index (χ4n) is 6.15. The largest absolute Gasteiger partial charge is 0.508 e. The summed E-state index contributed by atoms with van der Waals surface area (Å²) in [4.78, 5) is 51.9. The number of Topliss-reactive ketones (excluding diaryl/α,β-unsaturated/α-hetero) is 2. The Hall–Kier alpha value is -4.44. The van der Waals surface area contributed by atoms with Crippen LogP contribution >= 0.6 is 0 Å². The van der Waals surface area contributed by atoms with Crippen molar-refractivity contribution in [3.63, 3.8) is 0 Å². The molecule has 6 N–H and O–H groups in total. The molecule has 10 heteroatoms. The first-order valence-electron chi connectivity index (χ1n) is 12.4. The number of amides is 1. The number of ketones is 2. The molecule has 39 heavy (non-hydrogen) atoms. The molecule has 2 aromatic rings. The zero-order chi connectivity index (χ0) is 28.4. The summed E-state index contributed by atoms with van der Waals surface area (Å²) in [5, 5.41) is 44.4. The number of nitrogens with two attached hydrogens (primary N) is 1. The van der Waals surface area contributed by atoms with Gasteiger partial charge in [-0.25, -0.2) is 0 Å². The van der Waals surface area contributed by atoms with Gasteiger partial charge in [0.2, 0.25) is 5.78 Å². The highest BCUT2D eigenvalue weighted by Gasteiger charge is 2.66. The van der Waals surface area contributed by atoms with Gasteiger partial charge in [-0.15, -0.1) is 0 Å². The van der Waals surface area contributed by atoms with Crippen molar-refractivity contribution in [2.24, 2.45) is 17.6 Å². The van der Waals surface area contributed by atoms with E-state index in [9.17, 15) is 39.6 Å². The number of carbonyl (C=O) groups is 4. The van der Waals surface area contributed by atoms with Gasteiger partial charge in [0, 0.05) is 23.8 Å². The fraction of sp³-hybridized carbons (Fsp3) is 0.310. The van der Waals surface area contributed by atoms with Crippen molar-refractivity contribution in [1.82, 2.24) is 0 Å². The molecule has 0 radical (unpaired) electrons. The summed E-state index contributed by atoms with van der Waals surface area (Å²) in [5.41, 5.74) is 3.09. The van der Waals surface area contributed by atoms with Crippen molar-refractivity contribution in [2.75, 3.05) is 0 Å². The van der Waals surface area contributed by atoms with Crippen LogP contribution in [0.15, 0.2) is 59.4 Å².